The van der Waals surface area contributed by atoms with Gasteiger partial charge in [0.15, 0.2) is 6.61 Å². The molecule has 1 N–H and O–H groups in total. The highest BCUT2D eigenvalue weighted by atomic mass is 16.5. The fraction of sp³-hybridized carbons (Fsp3) is 0.381. The number of rotatable bonds is 6. The Balaban J connectivity index is 1.96. The van der Waals surface area contributed by atoms with Gasteiger partial charge in [0.25, 0.3) is 5.91 Å². The van der Waals surface area contributed by atoms with E-state index in [-0.39, 0.29) is 18.6 Å². The van der Waals surface area contributed by atoms with Crippen molar-refractivity contribution < 1.29 is 9.53 Å². The number of hydrogen-bond donors (Lipinski definition) is 1. The summed E-state index contributed by atoms with van der Waals surface area (Å²) in [6.45, 7) is 10.3. The predicted octanol–water partition coefficient (Wildman–Crippen LogP) is 4.68. The lowest BCUT2D eigenvalue weighted by Gasteiger charge is -2.17. The Kier molecular flexibility index (Phi) is 6.02. The van der Waals surface area contributed by atoms with E-state index in [2.05, 4.69) is 50.4 Å². The van der Waals surface area contributed by atoms with E-state index in [4.69, 9.17) is 4.74 Å². The van der Waals surface area contributed by atoms with E-state index in [1.54, 1.807) is 0 Å². The third-order valence-corrected chi connectivity index (χ3v) is 4.10. The molecule has 0 unspecified atom stereocenters. The van der Waals surface area contributed by atoms with Crippen molar-refractivity contribution in [2.45, 2.75) is 46.6 Å². The SMILES string of the molecule is Cc1ccc([C@@H](C)NC(=O)COc2cc(C)ccc2C(C)C)cc1. The lowest BCUT2D eigenvalue weighted by Crippen LogP contribution is -2.31. The van der Waals surface area contributed by atoms with Gasteiger partial charge in [-0.1, -0.05) is 55.8 Å². The van der Waals surface area contributed by atoms with Crippen LogP contribution in [0.15, 0.2) is 42.5 Å². The van der Waals surface area contributed by atoms with Crippen molar-refractivity contribution in [2.24, 2.45) is 0 Å². The smallest absolute Gasteiger partial charge is 0.258 e. The first-order valence-electron chi connectivity index (χ1n) is 8.46. The molecule has 0 saturated carbocycles. The minimum atomic E-state index is -0.112. The van der Waals surface area contributed by atoms with Crippen molar-refractivity contribution in [3.05, 3.63) is 64.7 Å². The van der Waals surface area contributed by atoms with E-state index < -0.39 is 0 Å². The average Bonchev–Trinajstić information content (AvgIpc) is 2.53. The summed E-state index contributed by atoms with van der Waals surface area (Å²) in [7, 11) is 0. The van der Waals surface area contributed by atoms with Crippen molar-refractivity contribution in [1.29, 1.82) is 0 Å². The molecular weight excluding hydrogens is 298 g/mol. The Hall–Kier alpha value is -2.29. The Labute approximate surface area is 145 Å². The number of aryl methyl sites for hydroxylation is 2. The van der Waals surface area contributed by atoms with Crippen molar-refractivity contribution in [3.63, 3.8) is 0 Å². The molecule has 0 radical (unpaired) electrons. The lowest BCUT2D eigenvalue weighted by atomic mass is 10.0. The molecule has 0 saturated heterocycles. The summed E-state index contributed by atoms with van der Waals surface area (Å²) in [6, 6.07) is 14.3. The fourth-order valence-corrected chi connectivity index (χ4v) is 2.61. The highest BCUT2D eigenvalue weighted by Crippen LogP contribution is 2.27. The van der Waals surface area contributed by atoms with E-state index in [0.29, 0.717) is 5.92 Å². The summed E-state index contributed by atoms with van der Waals surface area (Å²) in [6.07, 6.45) is 0. The second kappa shape index (κ2) is 8.00. The highest BCUT2D eigenvalue weighted by molar-refractivity contribution is 5.78. The van der Waals surface area contributed by atoms with Gasteiger partial charge in [0.1, 0.15) is 5.75 Å². The largest absolute Gasteiger partial charge is 0.483 e. The monoisotopic (exact) mass is 325 g/mol. The van der Waals surface area contributed by atoms with Gasteiger partial charge in [0.2, 0.25) is 0 Å². The van der Waals surface area contributed by atoms with E-state index in [0.717, 1.165) is 22.4 Å². The van der Waals surface area contributed by atoms with Crippen LogP contribution in [-0.4, -0.2) is 12.5 Å². The van der Waals surface area contributed by atoms with Crippen molar-refractivity contribution in [2.75, 3.05) is 6.61 Å². The number of nitrogens with one attached hydrogen (secondary N) is 1. The van der Waals surface area contributed by atoms with E-state index in [1.807, 2.05) is 32.0 Å². The fourth-order valence-electron chi connectivity index (χ4n) is 2.61. The average molecular weight is 325 g/mol. The molecule has 128 valence electrons. The Bertz CT molecular complexity index is 689. The second-order valence-corrected chi connectivity index (χ2v) is 6.68. The van der Waals surface area contributed by atoms with Gasteiger partial charge in [-0.3, -0.25) is 4.79 Å². The Morgan fingerprint density at radius 3 is 2.25 bits per heavy atom. The normalized spacial score (nSPS) is 12.1. The number of carbonyl (C=O) groups is 1. The molecule has 1 amide bonds. The topological polar surface area (TPSA) is 38.3 Å². The number of benzene rings is 2. The number of ether oxygens (including phenoxy) is 1. The molecule has 2 aromatic rings. The molecular formula is C21H27NO2. The van der Waals surface area contributed by atoms with Crippen molar-refractivity contribution in [1.82, 2.24) is 5.32 Å². The van der Waals surface area contributed by atoms with Crippen LogP contribution in [-0.2, 0) is 4.79 Å². The van der Waals surface area contributed by atoms with Gasteiger partial charge in [-0.25, -0.2) is 0 Å². The lowest BCUT2D eigenvalue weighted by molar-refractivity contribution is -0.123. The van der Waals surface area contributed by atoms with Crippen molar-refractivity contribution in [3.8, 4) is 5.75 Å². The molecule has 2 aromatic carbocycles. The van der Waals surface area contributed by atoms with E-state index in [1.165, 1.54) is 5.56 Å². The van der Waals surface area contributed by atoms with Crippen LogP contribution in [0.1, 0.15) is 55.0 Å². The van der Waals surface area contributed by atoms with Crippen LogP contribution in [0.2, 0.25) is 0 Å². The molecule has 0 aliphatic heterocycles. The zero-order chi connectivity index (χ0) is 17.7. The molecule has 3 heteroatoms. The summed E-state index contributed by atoms with van der Waals surface area (Å²) >= 11 is 0. The summed E-state index contributed by atoms with van der Waals surface area (Å²) in [4.78, 5) is 12.2. The molecule has 1 atom stereocenters. The maximum Gasteiger partial charge on any atom is 0.258 e. The van der Waals surface area contributed by atoms with Gasteiger partial charge in [-0.15, -0.1) is 0 Å². The van der Waals surface area contributed by atoms with Crippen LogP contribution in [0.5, 0.6) is 5.75 Å². The molecule has 0 aromatic heterocycles. The maximum absolute atomic E-state index is 12.2. The molecule has 0 bridgehead atoms. The van der Waals surface area contributed by atoms with Gasteiger partial charge in [-0.2, -0.15) is 0 Å². The first-order valence-corrected chi connectivity index (χ1v) is 8.46. The second-order valence-electron chi connectivity index (χ2n) is 6.68. The molecule has 24 heavy (non-hydrogen) atoms. The standard InChI is InChI=1S/C21H27NO2/c1-14(2)19-11-8-16(4)12-20(19)24-13-21(23)22-17(5)18-9-6-15(3)7-10-18/h6-12,14,17H,13H2,1-5H3,(H,22,23)/t17-/m1/s1. The molecule has 0 fully saturated rings. The number of hydrogen-bond acceptors (Lipinski definition) is 2. The van der Waals surface area contributed by atoms with E-state index in [9.17, 15) is 4.79 Å². The van der Waals surface area contributed by atoms with Gasteiger partial charge in [0, 0.05) is 0 Å². The molecule has 0 spiro atoms. The van der Waals surface area contributed by atoms with Crippen LogP contribution >= 0.6 is 0 Å². The van der Waals surface area contributed by atoms with Gasteiger partial charge in [0.05, 0.1) is 6.04 Å². The first kappa shape index (κ1) is 18.1. The summed E-state index contributed by atoms with van der Waals surface area (Å²) in [5, 5.41) is 2.99. The quantitative estimate of drug-likeness (QED) is 0.837. The molecule has 0 aliphatic carbocycles. The van der Waals surface area contributed by atoms with Gasteiger partial charge >= 0.3 is 0 Å². The summed E-state index contributed by atoms with van der Waals surface area (Å²) < 4.78 is 5.78. The zero-order valence-electron chi connectivity index (χ0n) is 15.2. The number of amides is 1. The van der Waals surface area contributed by atoms with Crippen LogP contribution in [0.25, 0.3) is 0 Å². The third-order valence-electron chi connectivity index (χ3n) is 4.10. The van der Waals surface area contributed by atoms with Crippen LogP contribution < -0.4 is 10.1 Å². The van der Waals surface area contributed by atoms with E-state index >= 15 is 0 Å². The molecule has 0 aliphatic rings. The van der Waals surface area contributed by atoms with Crippen molar-refractivity contribution >= 4 is 5.91 Å². The minimum Gasteiger partial charge on any atom is -0.483 e. The summed E-state index contributed by atoms with van der Waals surface area (Å²) in [5.74, 6) is 1.04. The molecule has 0 heterocycles. The Morgan fingerprint density at radius 2 is 1.62 bits per heavy atom. The maximum atomic E-state index is 12.2. The van der Waals surface area contributed by atoms with Crippen LogP contribution in [0.3, 0.4) is 0 Å². The zero-order valence-corrected chi connectivity index (χ0v) is 15.2. The highest BCUT2D eigenvalue weighted by Gasteiger charge is 2.12. The van der Waals surface area contributed by atoms with Gasteiger partial charge < -0.3 is 10.1 Å². The third kappa shape index (κ3) is 4.85. The first-order chi connectivity index (χ1) is 11.4. The summed E-state index contributed by atoms with van der Waals surface area (Å²) in [5.41, 5.74) is 4.55. The minimum absolute atomic E-state index is 0.0272. The number of carbonyl (C=O) groups excluding carboxylic acids is 1. The predicted molar refractivity (Wildman–Crippen MR) is 98.5 cm³/mol. The van der Waals surface area contributed by atoms with Crippen LogP contribution in [0.4, 0.5) is 0 Å². The molecule has 3 nitrogen and oxygen atoms in total. The van der Waals surface area contributed by atoms with Gasteiger partial charge in [-0.05, 0) is 49.4 Å². The van der Waals surface area contributed by atoms with Crippen LogP contribution in [0, 0.1) is 13.8 Å². The molecule has 2 rings (SSSR count). The Morgan fingerprint density at radius 1 is 1.00 bits per heavy atom.